The zero-order valence-electron chi connectivity index (χ0n) is 17.2. The van der Waals surface area contributed by atoms with E-state index in [1.807, 2.05) is 37.3 Å². The first-order valence-electron chi connectivity index (χ1n) is 10.0. The van der Waals surface area contributed by atoms with Crippen LogP contribution in [0.2, 0.25) is 0 Å². The molecule has 1 atom stereocenters. The smallest absolute Gasteiger partial charge is 0.259 e. The van der Waals surface area contributed by atoms with Gasteiger partial charge in [-0.05, 0) is 49.7 Å². The minimum absolute atomic E-state index is 0.0142. The van der Waals surface area contributed by atoms with Crippen LogP contribution in [-0.2, 0) is 9.84 Å². The summed E-state index contributed by atoms with van der Waals surface area (Å²) in [5, 5.41) is 2.92. The maximum Gasteiger partial charge on any atom is 0.259 e. The predicted molar refractivity (Wildman–Crippen MR) is 118 cm³/mol. The lowest BCUT2D eigenvalue weighted by Gasteiger charge is -2.22. The molecule has 158 valence electrons. The second-order valence-electron chi connectivity index (χ2n) is 7.34. The van der Waals surface area contributed by atoms with Crippen molar-refractivity contribution in [3.8, 4) is 0 Å². The van der Waals surface area contributed by atoms with Crippen LogP contribution in [0.15, 0.2) is 82.6 Å². The molecule has 1 aliphatic heterocycles. The highest BCUT2D eigenvalue weighted by Crippen LogP contribution is 2.37. The van der Waals surface area contributed by atoms with E-state index in [9.17, 15) is 18.0 Å². The van der Waals surface area contributed by atoms with Gasteiger partial charge in [0.1, 0.15) is 0 Å². The topological polar surface area (TPSA) is 83.6 Å². The molecule has 3 aromatic rings. The fraction of sp³-hybridized carbons (Fsp3) is 0.167. The van der Waals surface area contributed by atoms with E-state index < -0.39 is 15.7 Å². The molecular weight excluding hydrogens is 412 g/mol. The summed E-state index contributed by atoms with van der Waals surface area (Å²) in [4.78, 5) is 27.4. The van der Waals surface area contributed by atoms with Crippen LogP contribution >= 0.6 is 0 Å². The van der Waals surface area contributed by atoms with E-state index in [1.54, 1.807) is 19.1 Å². The lowest BCUT2D eigenvalue weighted by atomic mass is 10.1. The van der Waals surface area contributed by atoms with Crippen LogP contribution in [0.4, 0.5) is 5.69 Å². The number of carbonyl (C=O) groups is 2. The average Bonchev–Trinajstić information content (AvgIpc) is 2.86. The van der Waals surface area contributed by atoms with E-state index in [-0.39, 0.29) is 45.1 Å². The molecule has 0 aliphatic carbocycles. The minimum Gasteiger partial charge on any atom is -0.346 e. The minimum atomic E-state index is -3.92. The first-order valence-corrected chi connectivity index (χ1v) is 11.5. The molecule has 0 bridgehead atoms. The molecule has 1 aliphatic rings. The van der Waals surface area contributed by atoms with Crippen LogP contribution in [0.3, 0.4) is 0 Å². The van der Waals surface area contributed by atoms with Crippen molar-refractivity contribution in [3.63, 3.8) is 0 Å². The van der Waals surface area contributed by atoms with Crippen LogP contribution in [0.5, 0.6) is 0 Å². The van der Waals surface area contributed by atoms with Crippen LogP contribution in [0, 0.1) is 0 Å². The molecule has 0 saturated heterocycles. The Morgan fingerprint density at radius 2 is 1.65 bits per heavy atom. The molecule has 6 nitrogen and oxygen atoms in total. The summed E-state index contributed by atoms with van der Waals surface area (Å²) in [7, 11) is -3.92. The SMILES string of the molecule is CCN1C(=O)c2ccccc2S(=O)(=O)c2ccc(C(=O)NC(C)c3ccccc3)cc21. The van der Waals surface area contributed by atoms with Crippen molar-refractivity contribution in [2.75, 3.05) is 11.4 Å². The predicted octanol–water partition coefficient (Wildman–Crippen LogP) is 3.99. The van der Waals surface area contributed by atoms with Gasteiger partial charge in [-0.3, -0.25) is 9.59 Å². The van der Waals surface area contributed by atoms with Gasteiger partial charge in [0.15, 0.2) is 0 Å². The van der Waals surface area contributed by atoms with Crippen molar-refractivity contribution in [1.82, 2.24) is 5.32 Å². The highest BCUT2D eigenvalue weighted by molar-refractivity contribution is 7.91. The highest BCUT2D eigenvalue weighted by atomic mass is 32.2. The lowest BCUT2D eigenvalue weighted by Crippen LogP contribution is -2.31. The summed E-state index contributed by atoms with van der Waals surface area (Å²) in [6.07, 6.45) is 0. The van der Waals surface area contributed by atoms with Crippen LogP contribution in [0.1, 0.15) is 46.2 Å². The summed E-state index contributed by atoms with van der Waals surface area (Å²) in [6.45, 7) is 3.91. The maximum atomic E-state index is 13.3. The van der Waals surface area contributed by atoms with Gasteiger partial charge in [-0.15, -0.1) is 0 Å². The fourth-order valence-electron chi connectivity index (χ4n) is 3.77. The Morgan fingerprint density at radius 1 is 0.968 bits per heavy atom. The van der Waals surface area contributed by atoms with Gasteiger partial charge in [-0.2, -0.15) is 0 Å². The number of fused-ring (bicyclic) bond motifs is 2. The molecule has 0 radical (unpaired) electrons. The highest BCUT2D eigenvalue weighted by Gasteiger charge is 2.35. The molecule has 1 N–H and O–H groups in total. The van der Waals surface area contributed by atoms with Gasteiger partial charge >= 0.3 is 0 Å². The number of carbonyl (C=O) groups excluding carboxylic acids is 2. The number of nitrogens with one attached hydrogen (secondary N) is 1. The largest absolute Gasteiger partial charge is 0.346 e. The fourth-order valence-corrected chi connectivity index (χ4v) is 5.40. The molecular formula is C24H22N2O4S. The zero-order valence-corrected chi connectivity index (χ0v) is 18.0. The van der Waals surface area contributed by atoms with Crippen LogP contribution < -0.4 is 10.2 Å². The number of anilines is 1. The van der Waals surface area contributed by atoms with Gasteiger partial charge in [0, 0.05) is 12.1 Å². The third-order valence-electron chi connectivity index (χ3n) is 5.42. The maximum absolute atomic E-state index is 13.3. The van der Waals surface area contributed by atoms with E-state index in [1.165, 1.54) is 35.2 Å². The average molecular weight is 435 g/mol. The lowest BCUT2D eigenvalue weighted by molar-refractivity contribution is 0.0937. The van der Waals surface area contributed by atoms with Gasteiger partial charge in [0.2, 0.25) is 9.84 Å². The van der Waals surface area contributed by atoms with Crippen molar-refractivity contribution in [2.24, 2.45) is 0 Å². The molecule has 3 aromatic carbocycles. The van der Waals surface area contributed by atoms with Gasteiger partial charge in [0.05, 0.1) is 27.1 Å². The summed E-state index contributed by atoms with van der Waals surface area (Å²) >= 11 is 0. The number of sulfone groups is 1. The van der Waals surface area contributed by atoms with Crippen molar-refractivity contribution in [2.45, 2.75) is 29.7 Å². The quantitative estimate of drug-likeness (QED) is 0.673. The zero-order chi connectivity index (χ0) is 22.2. The molecule has 1 unspecified atom stereocenters. The summed E-state index contributed by atoms with van der Waals surface area (Å²) in [5.41, 5.74) is 1.58. The molecule has 1 heterocycles. The van der Waals surface area contributed by atoms with Gasteiger partial charge in [0.25, 0.3) is 11.8 Å². The normalized spacial score (nSPS) is 15.4. The number of hydrogen-bond acceptors (Lipinski definition) is 4. The Bertz CT molecular complexity index is 1270. The number of amides is 2. The van der Waals surface area contributed by atoms with Crippen molar-refractivity contribution < 1.29 is 18.0 Å². The number of rotatable bonds is 4. The van der Waals surface area contributed by atoms with E-state index >= 15 is 0 Å². The molecule has 0 aromatic heterocycles. The number of hydrogen-bond donors (Lipinski definition) is 1. The van der Waals surface area contributed by atoms with E-state index in [0.717, 1.165) is 5.56 Å². The third-order valence-corrected chi connectivity index (χ3v) is 7.28. The van der Waals surface area contributed by atoms with Crippen molar-refractivity contribution in [1.29, 1.82) is 0 Å². The Labute approximate surface area is 181 Å². The number of nitrogens with zero attached hydrogens (tertiary/aromatic N) is 1. The van der Waals surface area contributed by atoms with E-state index in [2.05, 4.69) is 5.32 Å². The molecule has 7 heteroatoms. The molecule has 0 fully saturated rings. The van der Waals surface area contributed by atoms with E-state index in [4.69, 9.17) is 0 Å². The van der Waals surface area contributed by atoms with Gasteiger partial charge in [-0.1, -0.05) is 42.5 Å². The van der Waals surface area contributed by atoms with Crippen molar-refractivity contribution >= 4 is 27.3 Å². The number of benzene rings is 3. The summed E-state index contributed by atoms with van der Waals surface area (Å²) in [5.74, 6) is -0.752. The monoisotopic (exact) mass is 434 g/mol. The third kappa shape index (κ3) is 3.61. The molecule has 2 amide bonds. The van der Waals surface area contributed by atoms with Gasteiger partial charge in [-0.25, -0.2) is 8.42 Å². The van der Waals surface area contributed by atoms with Crippen molar-refractivity contribution in [3.05, 3.63) is 89.5 Å². The van der Waals surface area contributed by atoms with Crippen LogP contribution in [0.25, 0.3) is 0 Å². The first kappa shape index (κ1) is 20.8. The molecule has 31 heavy (non-hydrogen) atoms. The Balaban J connectivity index is 1.76. The van der Waals surface area contributed by atoms with Gasteiger partial charge < -0.3 is 10.2 Å². The summed E-state index contributed by atoms with van der Waals surface area (Å²) < 4.78 is 26.6. The first-order chi connectivity index (χ1) is 14.8. The second kappa shape index (κ2) is 8.00. The Morgan fingerprint density at radius 3 is 2.35 bits per heavy atom. The Hall–Kier alpha value is -3.45. The second-order valence-corrected chi connectivity index (χ2v) is 9.22. The standard InChI is InChI=1S/C24H22N2O4S/c1-3-26-20-15-18(23(27)25-16(2)17-9-5-4-6-10-17)13-14-22(20)31(29,30)21-12-8-7-11-19(21)24(26)28/h4-16H,3H2,1-2H3,(H,25,27). The molecule has 4 rings (SSSR count). The van der Waals surface area contributed by atoms with Crippen LogP contribution in [-0.4, -0.2) is 26.8 Å². The summed E-state index contributed by atoms with van der Waals surface area (Å²) in [6, 6.07) is 19.9. The van der Waals surface area contributed by atoms with E-state index in [0.29, 0.717) is 0 Å². The molecule has 0 spiro atoms. The molecule has 0 saturated carbocycles. The Kier molecular flexibility index (Phi) is 5.37.